The summed E-state index contributed by atoms with van der Waals surface area (Å²) in [6.45, 7) is 8.19. The molecule has 6 heteroatoms. The largest absolute Gasteiger partial charge is 0.443 e. The molecule has 0 fully saturated rings. The predicted molar refractivity (Wildman–Crippen MR) is 53.4 cm³/mol. The van der Waals surface area contributed by atoms with Gasteiger partial charge >= 0.3 is 6.09 Å². The fourth-order valence-electron chi connectivity index (χ4n) is 0.623. The standard InChI is InChI=1S/C8H15NO4S/c1-5-6-14(11,12)9-7(10)13-8(2,3)4/h5H,1,6H2,2-4H3,(H,9,10). The number of nitrogens with one attached hydrogen (secondary N) is 1. The van der Waals surface area contributed by atoms with E-state index in [1.807, 2.05) is 0 Å². The van der Waals surface area contributed by atoms with Crippen LogP contribution in [0.1, 0.15) is 20.8 Å². The number of carbonyl (C=O) groups is 1. The lowest BCUT2D eigenvalue weighted by molar-refractivity contribution is 0.0570. The highest BCUT2D eigenvalue weighted by molar-refractivity contribution is 7.90. The third-order valence-corrected chi connectivity index (χ3v) is 2.13. The third-order valence-electron chi connectivity index (χ3n) is 0.975. The van der Waals surface area contributed by atoms with Crippen LogP contribution in [0.2, 0.25) is 0 Å². The Balaban J connectivity index is 4.27. The van der Waals surface area contributed by atoms with E-state index in [4.69, 9.17) is 4.74 Å². The molecule has 0 heterocycles. The maximum atomic E-state index is 11.0. The summed E-state index contributed by atoms with van der Waals surface area (Å²) in [5, 5.41) is 0. The Bertz CT molecular complexity index is 313. The first-order valence-electron chi connectivity index (χ1n) is 4.01. The summed E-state index contributed by atoms with van der Waals surface area (Å²) in [4.78, 5) is 11.0. The van der Waals surface area contributed by atoms with Gasteiger partial charge in [-0.1, -0.05) is 6.08 Å². The van der Waals surface area contributed by atoms with E-state index in [0.717, 1.165) is 0 Å². The number of hydrogen-bond acceptors (Lipinski definition) is 4. The Hall–Kier alpha value is -1.04. The lowest BCUT2D eigenvalue weighted by atomic mass is 10.2. The van der Waals surface area contributed by atoms with E-state index in [0.29, 0.717) is 0 Å². The molecule has 0 rings (SSSR count). The van der Waals surface area contributed by atoms with Gasteiger partial charge in [0.1, 0.15) is 5.60 Å². The highest BCUT2D eigenvalue weighted by Crippen LogP contribution is 2.06. The minimum absolute atomic E-state index is 0.313. The predicted octanol–water partition coefficient (Wildman–Crippen LogP) is 1.03. The summed E-state index contributed by atoms with van der Waals surface area (Å²) in [6, 6.07) is 0. The van der Waals surface area contributed by atoms with Crippen LogP contribution in [-0.4, -0.2) is 25.9 Å². The van der Waals surface area contributed by atoms with Gasteiger partial charge < -0.3 is 4.74 Å². The molecule has 0 aromatic heterocycles. The summed E-state index contributed by atoms with van der Waals surface area (Å²) in [5.41, 5.74) is -0.715. The molecule has 14 heavy (non-hydrogen) atoms. The molecule has 0 aliphatic carbocycles. The average Bonchev–Trinajstić information content (AvgIpc) is 1.78. The molecule has 1 N–H and O–H groups in total. The molecular formula is C8H15NO4S. The molecule has 0 aliphatic heterocycles. The van der Waals surface area contributed by atoms with E-state index in [1.54, 1.807) is 25.5 Å². The zero-order valence-electron chi connectivity index (χ0n) is 8.53. The zero-order valence-corrected chi connectivity index (χ0v) is 9.35. The van der Waals surface area contributed by atoms with Gasteiger partial charge in [-0.3, -0.25) is 0 Å². The number of hydrogen-bond donors (Lipinski definition) is 1. The second-order valence-electron chi connectivity index (χ2n) is 3.67. The van der Waals surface area contributed by atoms with Crippen LogP contribution in [-0.2, 0) is 14.8 Å². The van der Waals surface area contributed by atoms with Crippen molar-refractivity contribution in [3.05, 3.63) is 12.7 Å². The quantitative estimate of drug-likeness (QED) is 0.722. The maximum absolute atomic E-state index is 11.0. The van der Waals surface area contributed by atoms with Gasteiger partial charge in [0.15, 0.2) is 0 Å². The first-order valence-corrected chi connectivity index (χ1v) is 5.66. The van der Waals surface area contributed by atoms with Crippen molar-refractivity contribution in [3.63, 3.8) is 0 Å². The minimum atomic E-state index is -3.65. The van der Waals surface area contributed by atoms with Crippen LogP contribution in [0, 0.1) is 0 Å². The molecule has 5 nitrogen and oxygen atoms in total. The lowest BCUT2D eigenvalue weighted by Crippen LogP contribution is -2.37. The molecule has 0 unspecified atom stereocenters. The van der Waals surface area contributed by atoms with Gasteiger partial charge in [-0.05, 0) is 20.8 Å². The van der Waals surface area contributed by atoms with Crippen LogP contribution in [0.3, 0.4) is 0 Å². The molecule has 0 aromatic carbocycles. The Morgan fingerprint density at radius 2 is 2.00 bits per heavy atom. The van der Waals surface area contributed by atoms with Gasteiger partial charge in [-0.15, -0.1) is 6.58 Å². The summed E-state index contributed by atoms with van der Waals surface area (Å²) < 4.78 is 28.6. The van der Waals surface area contributed by atoms with Crippen LogP contribution in [0.25, 0.3) is 0 Å². The van der Waals surface area contributed by atoms with E-state index in [2.05, 4.69) is 6.58 Å². The summed E-state index contributed by atoms with van der Waals surface area (Å²) in [5.74, 6) is -0.313. The molecular weight excluding hydrogens is 206 g/mol. The zero-order chi connectivity index (χ0) is 11.4. The second kappa shape index (κ2) is 4.45. The normalized spacial score (nSPS) is 11.9. The maximum Gasteiger partial charge on any atom is 0.421 e. The highest BCUT2D eigenvalue weighted by atomic mass is 32.2. The Kier molecular flexibility index (Phi) is 4.12. The summed E-state index contributed by atoms with van der Waals surface area (Å²) in [7, 11) is -3.65. The molecule has 82 valence electrons. The smallest absolute Gasteiger partial charge is 0.421 e. The summed E-state index contributed by atoms with van der Waals surface area (Å²) in [6.07, 6.45) is 0.214. The van der Waals surface area contributed by atoms with E-state index in [1.165, 1.54) is 6.08 Å². The van der Waals surface area contributed by atoms with Crippen molar-refractivity contribution in [2.75, 3.05) is 5.75 Å². The van der Waals surface area contributed by atoms with Gasteiger partial charge in [0.25, 0.3) is 0 Å². The van der Waals surface area contributed by atoms with Crippen LogP contribution in [0.15, 0.2) is 12.7 Å². The first-order chi connectivity index (χ1) is 6.16. The van der Waals surface area contributed by atoms with Gasteiger partial charge in [0, 0.05) is 0 Å². The van der Waals surface area contributed by atoms with E-state index in [9.17, 15) is 13.2 Å². The first kappa shape index (κ1) is 13.0. The molecule has 0 atom stereocenters. The average molecular weight is 221 g/mol. The van der Waals surface area contributed by atoms with Crippen molar-refractivity contribution >= 4 is 16.1 Å². The van der Waals surface area contributed by atoms with Crippen molar-refractivity contribution in [3.8, 4) is 0 Å². The van der Waals surface area contributed by atoms with Crippen molar-refractivity contribution in [1.29, 1.82) is 0 Å². The second-order valence-corrected chi connectivity index (χ2v) is 5.44. The lowest BCUT2D eigenvalue weighted by Gasteiger charge is -2.19. The van der Waals surface area contributed by atoms with E-state index < -0.39 is 21.7 Å². The fraction of sp³-hybridized carbons (Fsp3) is 0.625. The molecule has 0 radical (unpaired) electrons. The van der Waals surface area contributed by atoms with Gasteiger partial charge in [-0.25, -0.2) is 17.9 Å². The van der Waals surface area contributed by atoms with Crippen molar-refractivity contribution in [2.45, 2.75) is 26.4 Å². The van der Waals surface area contributed by atoms with Crippen LogP contribution < -0.4 is 4.72 Å². The molecule has 0 bridgehead atoms. The Morgan fingerprint density at radius 3 is 2.36 bits per heavy atom. The SMILES string of the molecule is C=CCS(=O)(=O)NC(=O)OC(C)(C)C. The number of rotatable bonds is 3. The molecule has 0 saturated heterocycles. The van der Waals surface area contributed by atoms with Crippen LogP contribution in [0.5, 0.6) is 0 Å². The van der Waals surface area contributed by atoms with E-state index in [-0.39, 0.29) is 5.75 Å². The fourth-order valence-corrected chi connectivity index (χ4v) is 1.31. The monoisotopic (exact) mass is 221 g/mol. The molecule has 0 aliphatic rings. The number of amides is 1. The number of carbonyl (C=O) groups excluding carboxylic acids is 1. The van der Waals surface area contributed by atoms with Gasteiger partial charge in [0.2, 0.25) is 10.0 Å². The number of sulfonamides is 1. The van der Waals surface area contributed by atoms with Gasteiger partial charge in [-0.2, -0.15) is 0 Å². The van der Waals surface area contributed by atoms with Gasteiger partial charge in [0.05, 0.1) is 5.75 Å². The molecule has 0 spiro atoms. The highest BCUT2D eigenvalue weighted by Gasteiger charge is 2.20. The molecule has 1 amide bonds. The minimum Gasteiger partial charge on any atom is -0.443 e. The van der Waals surface area contributed by atoms with Crippen molar-refractivity contribution in [1.82, 2.24) is 4.72 Å². The van der Waals surface area contributed by atoms with Crippen molar-refractivity contribution < 1.29 is 17.9 Å². The third kappa shape index (κ3) is 6.47. The Labute approximate surface area is 84.2 Å². The Morgan fingerprint density at radius 1 is 1.50 bits per heavy atom. The van der Waals surface area contributed by atoms with Crippen LogP contribution in [0.4, 0.5) is 4.79 Å². The van der Waals surface area contributed by atoms with Crippen LogP contribution >= 0.6 is 0 Å². The van der Waals surface area contributed by atoms with E-state index >= 15 is 0 Å². The van der Waals surface area contributed by atoms with Crippen molar-refractivity contribution in [2.24, 2.45) is 0 Å². The summed E-state index contributed by atoms with van der Waals surface area (Å²) >= 11 is 0. The molecule has 0 saturated carbocycles. The topological polar surface area (TPSA) is 72.5 Å². The molecule has 0 aromatic rings. The number of ether oxygens (including phenoxy) is 1.